The van der Waals surface area contributed by atoms with Gasteiger partial charge in [0.1, 0.15) is 6.04 Å². The highest BCUT2D eigenvalue weighted by Crippen LogP contribution is 2.24. The van der Waals surface area contributed by atoms with Crippen molar-refractivity contribution in [2.24, 2.45) is 11.8 Å². The van der Waals surface area contributed by atoms with Crippen LogP contribution in [0, 0.1) is 11.8 Å². The predicted molar refractivity (Wildman–Crippen MR) is 89.1 cm³/mol. The number of ether oxygens (including phenoxy) is 2. The van der Waals surface area contributed by atoms with Crippen molar-refractivity contribution in [3.05, 3.63) is 0 Å². The first-order valence-electron chi connectivity index (χ1n) is 9.42. The Morgan fingerprint density at radius 2 is 1.83 bits per heavy atom. The van der Waals surface area contributed by atoms with E-state index in [0.29, 0.717) is 12.5 Å². The molecular formula is C17H30N2O5. The number of esters is 1. The predicted octanol–water partition coefficient (Wildman–Crippen LogP) is 1.01. The third-order valence-corrected chi connectivity index (χ3v) is 3.34. The average Bonchev–Trinajstić information content (AvgIpc) is 3.32. The molecule has 1 saturated heterocycles. The molecule has 0 aromatic carbocycles. The molecule has 7 heteroatoms. The highest BCUT2D eigenvalue weighted by Gasteiger charge is 2.52. The molecule has 0 unspecified atom stereocenters. The van der Waals surface area contributed by atoms with Crippen LogP contribution in [0.3, 0.4) is 0 Å². The fourth-order valence-electron chi connectivity index (χ4n) is 2.04. The van der Waals surface area contributed by atoms with Gasteiger partial charge in [-0.25, -0.2) is 4.79 Å². The molecule has 7 nitrogen and oxygen atoms in total. The number of amides is 2. The lowest BCUT2D eigenvalue weighted by atomic mass is 10.0. The van der Waals surface area contributed by atoms with E-state index in [2.05, 4.69) is 10.6 Å². The number of hydrogen-bond acceptors (Lipinski definition) is 5. The molecule has 0 bridgehead atoms. The van der Waals surface area contributed by atoms with Crippen LogP contribution < -0.4 is 10.6 Å². The van der Waals surface area contributed by atoms with Crippen molar-refractivity contribution in [2.75, 3.05) is 13.2 Å². The lowest BCUT2D eigenvalue weighted by molar-refractivity contribution is -0.144. The molecule has 1 rings (SSSR count). The number of carbonyl (C=O) groups is 3. The van der Waals surface area contributed by atoms with Gasteiger partial charge < -0.3 is 20.1 Å². The zero-order valence-electron chi connectivity index (χ0n) is 17.0. The third kappa shape index (κ3) is 6.86. The molecule has 0 radical (unpaired) electrons. The molecule has 1 aliphatic heterocycles. The maximum Gasteiger partial charge on any atom is 0.338 e. The summed E-state index contributed by atoms with van der Waals surface area (Å²) in [5, 5.41) is 5.07. The first-order chi connectivity index (χ1) is 12.0. The minimum Gasteiger partial charge on any atom is -0.464 e. The first kappa shape index (κ1) is 17.2. The maximum absolute atomic E-state index is 12.5. The summed E-state index contributed by atoms with van der Waals surface area (Å²) >= 11 is 0. The molecule has 0 aromatic rings. The van der Waals surface area contributed by atoms with Crippen molar-refractivity contribution in [2.45, 2.75) is 65.7 Å². The highest BCUT2D eigenvalue weighted by molar-refractivity contribution is 5.95. The van der Waals surface area contributed by atoms with Crippen molar-refractivity contribution in [1.29, 1.82) is 0 Å². The van der Waals surface area contributed by atoms with E-state index < -0.39 is 48.3 Å². The van der Waals surface area contributed by atoms with E-state index >= 15 is 0 Å². The number of rotatable bonds is 10. The van der Waals surface area contributed by atoms with Crippen molar-refractivity contribution in [3.8, 4) is 0 Å². The zero-order valence-corrected chi connectivity index (χ0v) is 15.0. The van der Waals surface area contributed by atoms with E-state index in [9.17, 15) is 14.4 Å². The minimum absolute atomic E-state index is 0.170. The van der Waals surface area contributed by atoms with Gasteiger partial charge in [0, 0.05) is 9.29 Å². The standard InChI is InChI=1S/C17H30N2O5/c1-6-23-17(22)14-13(24-14)16(21)19-12(9-11(4)5)15(20)18-8-7-10(2)3/h10-14H,6-9H2,1-5H3,(H,18,20)(H,19,21)/t12-,13-,14-/m0/s1/i9D2. The fourth-order valence-corrected chi connectivity index (χ4v) is 2.04. The number of epoxide rings is 1. The number of carbonyl (C=O) groups excluding carboxylic acids is 3. The smallest absolute Gasteiger partial charge is 0.338 e. The van der Waals surface area contributed by atoms with Gasteiger partial charge in [-0.05, 0) is 31.6 Å². The summed E-state index contributed by atoms with van der Waals surface area (Å²) in [6, 6.07) is -1.38. The van der Waals surface area contributed by atoms with Gasteiger partial charge in [-0.3, -0.25) is 9.59 Å². The summed E-state index contributed by atoms with van der Waals surface area (Å²) in [7, 11) is 0. The van der Waals surface area contributed by atoms with E-state index in [4.69, 9.17) is 12.2 Å². The normalized spacial score (nSPS) is 22.5. The van der Waals surface area contributed by atoms with Crippen LogP contribution >= 0.6 is 0 Å². The summed E-state index contributed by atoms with van der Waals surface area (Å²) < 4.78 is 26.2. The molecule has 1 fully saturated rings. The first-order valence-corrected chi connectivity index (χ1v) is 8.42. The SMILES string of the molecule is [2H]C([2H])(C(C)C)[C@H](NC(=O)[C@H]1O[C@@H]1C(=O)OCC)C(=O)NCCC(C)C. The topological polar surface area (TPSA) is 97.0 Å². The lowest BCUT2D eigenvalue weighted by Gasteiger charge is -2.20. The monoisotopic (exact) mass is 344 g/mol. The van der Waals surface area contributed by atoms with Crippen LogP contribution in [-0.2, 0) is 23.9 Å². The summed E-state index contributed by atoms with van der Waals surface area (Å²) in [5.74, 6) is -2.06. The van der Waals surface area contributed by atoms with Crippen LogP contribution in [0.25, 0.3) is 0 Å². The molecule has 1 aliphatic rings. The third-order valence-electron chi connectivity index (χ3n) is 3.34. The molecular weight excluding hydrogens is 312 g/mol. The summed E-state index contributed by atoms with van der Waals surface area (Å²) in [5.41, 5.74) is 0. The maximum atomic E-state index is 12.5. The van der Waals surface area contributed by atoms with Crippen molar-refractivity contribution in [3.63, 3.8) is 0 Å². The van der Waals surface area contributed by atoms with Gasteiger partial charge in [-0.2, -0.15) is 0 Å². The van der Waals surface area contributed by atoms with Crippen LogP contribution in [0.2, 0.25) is 0 Å². The highest BCUT2D eigenvalue weighted by atomic mass is 16.6. The van der Waals surface area contributed by atoms with Crippen molar-refractivity contribution >= 4 is 17.8 Å². The molecule has 0 aliphatic carbocycles. The Labute approximate surface area is 146 Å². The quantitative estimate of drug-likeness (QED) is 0.455. The Hall–Kier alpha value is -1.63. The van der Waals surface area contributed by atoms with Gasteiger partial charge in [-0.1, -0.05) is 27.7 Å². The second-order valence-electron chi connectivity index (χ2n) is 6.47. The zero-order chi connectivity index (χ0) is 20.1. The molecule has 24 heavy (non-hydrogen) atoms. The van der Waals surface area contributed by atoms with Gasteiger partial charge in [0.15, 0.2) is 12.2 Å². The summed E-state index contributed by atoms with van der Waals surface area (Å²) in [4.78, 5) is 36.3. The molecule has 0 saturated carbocycles. The lowest BCUT2D eigenvalue weighted by Crippen LogP contribution is -2.49. The van der Waals surface area contributed by atoms with Gasteiger partial charge in [0.2, 0.25) is 5.91 Å². The summed E-state index contributed by atoms with van der Waals surface area (Å²) in [6.07, 6.45) is -3.27. The molecule has 2 amide bonds. The van der Waals surface area contributed by atoms with Crippen LogP contribution in [0.4, 0.5) is 0 Å². The Bertz CT molecular complexity index is 525. The van der Waals surface area contributed by atoms with Crippen molar-refractivity contribution in [1.82, 2.24) is 10.6 Å². The van der Waals surface area contributed by atoms with E-state index in [-0.39, 0.29) is 6.61 Å². The van der Waals surface area contributed by atoms with E-state index in [1.54, 1.807) is 20.8 Å². The molecule has 0 spiro atoms. The Balaban J connectivity index is 2.75. The largest absolute Gasteiger partial charge is 0.464 e. The van der Waals surface area contributed by atoms with Gasteiger partial charge in [0.05, 0.1) is 6.61 Å². The van der Waals surface area contributed by atoms with Crippen molar-refractivity contribution < 1.29 is 26.6 Å². The molecule has 2 N–H and O–H groups in total. The van der Waals surface area contributed by atoms with Crippen LogP contribution in [0.15, 0.2) is 0 Å². The average molecular weight is 344 g/mol. The van der Waals surface area contributed by atoms with Crippen LogP contribution in [-0.4, -0.2) is 49.2 Å². The van der Waals surface area contributed by atoms with E-state index in [0.717, 1.165) is 6.42 Å². The number of hydrogen-bond donors (Lipinski definition) is 2. The fraction of sp³-hybridized carbons (Fsp3) is 0.824. The Kier molecular flexibility index (Phi) is 6.89. The second kappa shape index (κ2) is 9.61. The molecule has 138 valence electrons. The Morgan fingerprint density at radius 3 is 2.38 bits per heavy atom. The minimum atomic E-state index is -1.97. The molecule has 0 aromatic heterocycles. The Morgan fingerprint density at radius 1 is 1.17 bits per heavy atom. The second-order valence-corrected chi connectivity index (χ2v) is 6.47. The molecule has 1 heterocycles. The van der Waals surface area contributed by atoms with Crippen LogP contribution in [0.1, 0.15) is 50.2 Å². The van der Waals surface area contributed by atoms with E-state index in [1.165, 1.54) is 0 Å². The number of nitrogens with one attached hydrogen (secondary N) is 2. The van der Waals surface area contributed by atoms with Gasteiger partial charge in [0.25, 0.3) is 5.91 Å². The van der Waals surface area contributed by atoms with Gasteiger partial charge >= 0.3 is 5.97 Å². The van der Waals surface area contributed by atoms with E-state index in [1.807, 2.05) is 13.8 Å². The molecule has 3 atom stereocenters. The van der Waals surface area contributed by atoms with Gasteiger partial charge in [-0.15, -0.1) is 0 Å². The summed E-state index contributed by atoms with van der Waals surface area (Å²) in [6.45, 7) is 9.50. The van der Waals surface area contributed by atoms with Crippen LogP contribution in [0.5, 0.6) is 0 Å².